The molecule has 5 nitrogen and oxygen atoms in total. The second-order valence-electron chi connectivity index (χ2n) is 5.07. The fourth-order valence-electron chi connectivity index (χ4n) is 2.15. The van der Waals surface area contributed by atoms with E-state index in [0.717, 1.165) is 5.56 Å². The Bertz CT molecular complexity index is 698. The summed E-state index contributed by atoms with van der Waals surface area (Å²) in [6, 6.07) is 17.6. The molecule has 0 aromatic heterocycles. The topological polar surface area (TPSA) is 64.6 Å². The standard InChI is InChI=1S/C19H19NO4/c1-14(18(21)23-2)17(16-11-7-4-8-12-16)20-19(22)24-13-15-9-5-3-6-10-15/h3-12,17H,1,13H2,2H3,(H,20,22). The summed E-state index contributed by atoms with van der Waals surface area (Å²) in [5, 5.41) is 2.66. The van der Waals surface area contributed by atoms with Crippen LogP contribution >= 0.6 is 0 Å². The SMILES string of the molecule is C=C(C(=O)OC)C(NC(=O)OCc1ccccc1)c1ccccc1. The molecular formula is C19H19NO4. The van der Waals surface area contributed by atoms with Crippen LogP contribution in [0.3, 0.4) is 0 Å². The maximum absolute atomic E-state index is 12.1. The van der Waals surface area contributed by atoms with Crippen LogP contribution in [0, 0.1) is 0 Å². The minimum atomic E-state index is -0.720. The highest BCUT2D eigenvalue weighted by atomic mass is 16.5. The lowest BCUT2D eigenvalue weighted by atomic mass is 10.00. The molecule has 0 aliphatic rings. The van der Waals surface area contributed by atoms with E-state index in [4.69, 9.17) is 9.47 Å². The number of nitrogens with one attached hydrogen (secondary N) is 1. The monoisotopic (exact) mass is 325 g/mol. The number of methoxy groups -OCH3 is 1. The molecule has 1 atom stereocenters. The summed E-state index contributed by atoms with van der Waals surface area (Å²) in [4.78, 5) is 23.9. The zero-order valence-corrected chi connectivity index (χ0v) is 13.4. The summed E-state index contributed by atoms with van der Waals surface area (Å²) in [5.41, 5.74) is 1.71. The summed E-state index contributed by atoms with van der Waals surface area (Å²) in [7, 11) is 1.27. The Morgan fingerprint density at radius 1 is 1.04 bits per heavy atom. The summed E-state index contributed by atoms with van der Waals surface area (Å²) in [6.45, 7) is 3.87. The molecule has 1 unspecified atom stereocenters. The van der Waals surface area contributed by atoms with Crippen molar-refractivity contribution in [2.75, 3.05) is 7.11 Å². The largest absolute Gasteiger partial charge is 0.466 e. The van der Waals surface area contributed by atoms with Crippen LogP contribution in [0.15, 0.2) is 72.8 Å². The first-order valence-corrected chi connectivity index (χ1v) is 7.41. The van der Waals surface area contributed by atoms with Crippen LogP contribution in [0.2, 0.25) is 0 Å². The van der Waals surface area contributed by atoms with Crippen molar-refractivity contribution >= 4 is 12.1 Å². The summed E-state index contributed by atoms with van der Waals surface area (Å²) < 4.78 is 9.90. The third-order valence-corrected chi connectivity index (χ3v) is 3.40. The van der Waals surface area contributed by atoms with E-state index in [0.29, 0.717) is 5.56 Å². The average molecular weight is 325 g/mol. The molecule has 0 fully saturated rings. The molecule has 2 rings (SSSR count). The number of rotatable bonds is 6. The third kappa shape index (κ3) is 4.71. The van der Waals surface area contributed by atoms with Crippen LogP contribution in [0.1, 0.15) is 17.2 Å². The molecule has 0 bridgehead atoms. The molecule has 0 saturated carbocycles. The van der Waals surface area contributed by atoms with Gasteiger partial charge in [0.1, 0.15) is 6.61 Å². The Balaban J connectivity index is 2.06. The molecule has 124 valence electrons. The fraction of sp³-hybridized carbons (Fsp3) is 0.158. The van der Waals surface area contributed by atoms with Crippen molar-refractivity contribution in [1.29, 1.82) is 0 Å². The predicted molar refractivity (Wildman–Crippen MR) is 90.1 cm³/mol. The van der Waals surface area contributed by atoms with E-state index in [1.54, 1.807) is 12.1 Å². The van der Waals surface area contributed by atoms with E-state index >= 15 is 0 Å². The van der Waals surface area contributed by atoms with E-state index in [2.05, 4.69) is 11.9 Å². The smallest absolute Gasteiger partial charge is 0.408 e. The highest BCUT2D eigenvalue weighted by Crippen LogP contribution is 2.21. The van der Waals surface area contributed by atoms with Gasteiger partial charge in [-0.05, 0) is 11.1 Å². The van der Waals surface area contributed by atoms with Crippen molar-refractivity contribution in [2.24, 2.45) is 0 Å². The lowest BCUT2D eigenvalue weighted by Gasteiger charge is -2.20. The summed E-state index contributed by atoms with van der Waals surface area (Å²) in [5.74, 6) is -0.591. The van der Waals surface area contributed by atoms with Gasteiger partial charge in [0.05, 0.1) is 18.7 Å². The van der Waals surface area contributed by atoms with Gasteiger partial charge in [-0.3, -0.25) is 0 Å². The van der Waals surface area contributed by atoms with Crippen LogP contribution in [-0.2, 0) is 20.9 Å². The first kappa shape index (κ1) is 17.3. The molecule has 1 N–H and O–H groups in total. The molecule has 0 saturated heterocycles. The van der Waals surface area contributed by atoms with E-state index in [1.165, 1.54) is 7.11 Å². The number of esters is 1. The lowest BCUT2D eigenvalue weighted by molar-refractivity contribution is -0.136. The van der Waals surface area contributed by atoms with Crippen LogP contribution in [0.4, 0.5) is 4.79 Å². The van der Waals surface area contributed by atoms with Crippen LogP contribution in [-0.4, -0.2) is 19.2 Å². The second kappa shape index (κ2) is 8.53. The Labute approximate surface area is 140 Å². The van der Waals surface area contributed by atoms with Gasteiger partial charge in [0.15, 0.2) is 0 Å². The van der Waals surface area contributed by atoms with Crippen LogP contribution in [0.5, 0.6) is 0 Å². The van der Waals surface area contributed by atoms with Gasteiger partial charge >= 0.3 is 12.1 Å². The van der Waals surface area contributed by atoms with E-state index in [9.17, 15) is 9.59 Å². The van der Waals surface area contributed by atoms with Gasteiger partial charge in [0.25, 0.3) is 0 Å². The summed E-state index contributed by atoms with van der Waals surface area (Å²) >= 11 is 0. The quantitative estimate of drug-likeness (QED) is 0.653. The van der Waals surface area contributed by atoms with Crippen LogP contribution in [0.25, 0.3) is 0 Å². The highest BCUT2D eigenvalue weighted by Gasteiger charge is 2.23. The van der Waals surface area contributed by atoms with Gasteiger partial charge in [0.2, 0.25) is 0 Å². The Morgan fingerprint density at radius 3 is 2.21 bits per heavy atom. The molecule has 0 radical (unpaired) electrons. The normalized spacial score (nSPS) is 11.2. The number of amides is 1. The van der Waals surface area contributed by atoms with Gasteiger partial charge in [-0.15, -0.1) is 0 Å². The molecule has 1 amide bonds. The zero-order valence-electron chi connectivity index (χ0n) is 13.4. The predicted octanol–water partition coefficient (Wildman–Crippen LogP) is 3.38. The molecule has 0 spiro atoms. The molecule has 0 aliphatic carbocycles. The maximum Gasteiger partial charge on any atom is 0.408 e. The van der Waals surface area contributed by atoms with Crippen molar-refractivity contribution in [2.45, 2.75) is 12.6 Å². The Morgan fingerprint density at radius 2 is 1.62 bits per heavy atom. The highest BCUT2D eigenvalue weighted by molar-refractivity contribution is 5.90. The third-order valence-electron chi connectivity index (χ3n) is 3.40. The number of benzene rings is 2. The first-order chi connectivity index (χ1) is 11.6. The zero-order chi connectivity index (χ0) is 17.4. The molecule has 5 heteroatoms. The van der Waals surface area contributed by atoms with Crippen LogP contribution < -0.4 is 5.32 Å². The molecular weight excluding hydrogens is 306 g/mol. The van der Waals surface area contributed by atoms with E-state index in [-0.39, 0.29) is 12.2 Å². The second-order valence-corrected chi connectivity index (χ2v) is 5.07. The van der Waals surface area contributed by atoms with Crippen molar-refractivity contribution in [3.63, 3.8) is 0 Å². The molecule has 2 aromatic rings. The number of hydrogen-bond donors (Lipinski definition) is 1. The van der Waals surface area contributed by atoms with Crippen molar-refractivity contribution in [3.05, 3.63) is 83.9 Å². The number of alkyl carbamates (subject to hydrolysis) is 1. The number of hydrogen-bond acceptors (Lipinski definition) is 4. The average Bonchev–Trinajstić information content (AvgIpc) is 2.64. The van der Waals surface area contributed by atoms with Crippen molar-refractivity contribution in [3.8, 4) is 0 Å². The Kier molecular flexibility index (Phi) is 6.14. The fourth-order valence-corrected chi connectivity index (χ4v) is 2.15. The minimum absolute atomic E-state index is 0.125. The van der Waals surface area contributed by atoms with Gasteiger partial charge in [-0.1, -0.05) is 67.2 Å². The van der Waals surface area contributed by atoms with Gasteiger partial charge in [-0.2, -0.15) is 0 Å². The van der Waals surface area contributed by atoms with Gasteiger partial charge in [-0.25, -0.2) is 9.59 Å². The molecule has 24 heavy (non-hydrogen) atoms. The Hall–Kier alpha value is -3.08. The molecule has 0 aliphatic heterocycles. The number of carbonyl (C=O) groups excluding carboxylic acids is 2. The summed E-state index contributed by atoms with van der Waals surface area (Å²) in [6.07, 6.45) is -0.641. The minimum Gasteiger partial charge on any atom is -0.466 e. The maximum atomic E-state index is 12.1. The molecule has 0 heterocycles. The molecule has 2 aromatic carbocycles. The van der Waals surface area contributed by atoms with E-state index in [1.807, 2.05) is 48.5 Å². The van der Waals surface area contributed by atoms with Gasteiger partial charge in [0, 0.05) is 0 Å². The van der Waals surface area contributed by atoms with Crippen molar-refractivity contribution in [1.82, 2.24) is 5.32 Å². The van der Waals surface area contributed by atoms with Gasteiger partial charge < -0.3 is 14.8 Å². The number of carbonyl (C=O) groups is 2. The number of ether oxygens (including phenoxy) is 2. The first-order valence-electron chi connectivity index (χ1n) is 7.41. The van der Waals surface area contributed by atoms with E-state index < -0.39 is 18.1 Å². The lowest BCUT2D eigenvalue weighted by Crippen LogP contribution is -2.32. The van der Waals surface area contributed by atoms with Crippen molar-refractivity contribution < 1.29 is 19.1 Å².